The van der Waals surface area contributed by atoms with Crippen LogP contribution in [0.5, 0.6) is 5.75 Å². The van der Waals surface area contributed by atoms with Crippen molar-refractivity contribution in [3.05, 3.63) is 65.2 Å². The normalized spacial score (nSPS) is 10.3. The highest BCUT2D eigenvalue weighted by atomic mass is 16.5. The number of ether oxygens (including phenoxy) is 1. The van der Waals surface area contributed by atoms with Gasteiger partial charge in [-0.15, -0.1) is 0 Å². The average Bonchev–Trinajstić information content (AvgIpc) is 2.48. The molecule has 0 amide bonds. The maximum absolute atomic E-state index is 12.1. The van der Waals surface area contributed by atoms with Crippen LogP contribution in [0, 0.1) is 0 Å². The zero-order valence-electron chi connectivity index (χ0n) is 12.1. The first-order chi connectivity index (χ1) is 9.71. The van der Waals surface area contributed by atoms with Gasteiger partial charge in [0.05, 0.1) is 7.11 Å². The molecular weight excluding hydrogens is 248 g/mol. The molecule has 0 bridgehead atoms. The van der Waals surface area contributed by atoms with Crippen molar-refractivity contribution in [2.75, 3.05) is 7.11 Å². The van der Waals surface area contributed by atoms with Gasteiger partial charge in [0.2, 0.25) is 0 Å². The Bertz CT molecular complexity index is 570. The maximum Gasteiger partial charge on any atom is 0.141 e. The summed E-state index contributed by atoms with van der Waals surface area (Å²) in [6.07, 6.45) is 1.96. The predicted octanol–water partition coefficient (Wildman–Crippen LogP) is 3.61. The SMILES string of the molecule is CCc1ccc(CC(=O)Cc2cccc(OC)c2)cc1. The van der Waals surface area contributed by atoms with Crippen molar-refractivity contribution in [2.24, 2.45) is 0 Å². The molecule has 2 rings (SSSR count). The van der Waals surface area contributed by atoms with E-state index in [2.05, 4.69) is 19.1 Å². The molecule has 2 aromatic rings. The lowest BCUT2D eigenvalue weighted by Crippen LogP contribution is -2.06. The van der Waals surface area contributed by atoms with E-state index in [1.165, 1.54) is 5.56 Å². The fourth-order valence-electron chi connectivity index (χ4n) is 2.19. The second kappa shape index (κ2) is 6.90. The topological polar surface area (TPSA) is 26.3 Å². The van der Waals surface area contributed by atoms with Crippen molar-refractivity contribution in [1.82, 2.24) is 0 Å². The van der Waals surface area contributed by atoms with Crippen LogP contribution in [-0.2, 0) is 24.1 Å². The zero-order chi connectivity index (χ0) is 14.4. The molecule has 0 aromatic heterocycles. The molecule has 0 saturated heterocycles. The summed E-state index contributed by atoms with van der Waals surface area (Å²) in [6.45, 7) is 2.13. The standard InChI is InChI=1S/C18H20O2/c1-3-14-7-9-15(10-8-14)11-17(19)12-16-5-4-6-18(13-16)20-2/h4-10,13H,3,11-12H2,1-2H3. The fourth-order valence-corrected chi connectivity index (χ4v) is 2.19. The number of aryl methyl sites for hydroxylation is 1. The number of hydrogen-bond donors (Lipinski definition) is 0. The van der Waals surface area contributed by atoms with E-state index < -0.39 is 0 Å². The van der Waals surface area contributed by atoms with E-state index in [4.69, 9.17) is 4.74 Å². The molecule has 0 spiro atoms. The number of ketones is 1. The smallest absolute Gasteiger partial charge is 0.141 e. The lowest BCUT2D eigenvalue weighted by molar-refractivity contribution is -0.117. The third-order valence-electron chi connectivity index (χ3n) is 3.37. The summed E-state index contributed by atoms with van der Waals surface area (Å²) in [7, 11) is 1.64. The Morgan fingerprint density at radius 1 is 0.950 bits per heavy atom. The molecule has 2 heteroatoms. The van der Waals surface area contributed by atoms with Crippen LogP contribution in [0.15, 0.2) is 48.5 Å². The van der Waals surface area contributed by atoms with Crippen LogP contribution in [-0.4, -0.2) is 12.9 Å². The number of rotatable bonds is 6. The van der Waals surface area contributed by atoms with E-state index in [0.717, 1.165) is 23.3 Å². The van der Waals surface area contributed by atoms with Gasteiger partial charge in [-0.1, -0.05) is 43.3 Å². The van der Waals surface area contributed by atoms with Crippen LogP contribution < -0.4 is 4.74 Å². The van der Waals surface area contributed by atoms with E-state index in [1.807, 2.05) is 36.4 Å². The van der Waals surface area contributed by atoms with Crippen LogP contribution >= 0.6 is 0 Å². The lowest BCUT2D eigenvalue weighted by Gasteiger charge is -2.05. The quantitative estimate of drug-likeness (QED) is 0.800. The Labute approximate surface area is 120 Å². The summed E-state index contributed by atoms with van der Waals surface area (Å²) in [5.74, 6) is 1.02. The summed E-state index contributed by atoms with van der Waals surface area (Å²) in [6, 6.07) is 15.9. The monoisotopic (exact) mass is 268 g/mol. The van der Waals surface area contributed by atoms with Crippen LogP contribution in [0.2, 0.25) is 0 Å². The third kappa shape index (κ3) is 3.95. The van der Waals surface area contributed by atoms with Crippen LogP contribution in [0.3, 0.4) is 0 Å². The Kier molecular flexibility index (Phi) is 4.94. The van der Waals surface area contributed by atoms with Gasteiger partial charge < -0.3 is 4.74 Å². The van der Waals surface area contributed by atoms with E-state index >= 15 is 0 Å². The minimum absolute atomic E-state index is 0.225. The second-order valence-corrected chi connectivity index (χ2v) is 4.91. The van der Waals surface area contributed by atoms with Crippen molar-refractivity contribution in [1.29, 1.82) is 0 Å². The predicted molar refractivity (Wildman–Crippen MR) is 81.2 cm³/mol. The third-order valence-corrected chi connectivity index (χ3v) is 3.37. The molecule has 0 atom stereocenters. The number of carbonyl (C=O) groups excluding carboxylic acids is 1. The van der Waals surface area contributed by atoms with Gasteiger partial charge in [-0.25, -0.2) is 0 Å². The molecule has 0 aliphatic heterocycles. The molecule has 2 aromatic carbocycles. The summed E-state index contributed by atoms with van der Waals surface area (Å²) in [5.41, 5.74) is 3.38. The zero-order valence-corrected chi connectivity index (χ0v) is 12.1. The Morgan fingerprint density at radius 2 is 1.60 bits per heavy atom. The molecule has 20 heavy (non-hydrogen) atoms. The fraction of sp³-hybridized carbons (Fsp3) is 0.278. The van der Waals surface area contributed by atoms with Gasteiger partial charge in [0, 0.05) is 12.8 Å². The van der Waals surface area contributed by atoms with Crippen LogP contribution in [0.1, 0.15) is 23.6 Å². The molecule has 0 fully saturated rings. The van der Waals surface area contributed by atoms with Gasteiger partial charge in [-0.05, 0) is 35.2 Å². The number of carbonyl (C=O) groups is 1. The summed E-state index contributed by atoms with van der Waals surface area (Å²) in [4.78, 5) is 12.1. The van der Waals surface area contributed by atoms with Gasteiger partial charge in [-0.3, -0.25) is 4.79 Å². The molecule has 104 valence electrons. The second-order valence-electron chi connectivity index (χ2n) is 4.91. The van der Waals surface area contributed by atoms with Crippen LogP contribution in [0.4, 0.5) is 0 Å². The van der Waals surface area contributed by atoms with Gasteiger partial charge in [-0.2, -0.15) is 0 Å². The number of Topliss-reactive ketones (excluding diaryl/α,β-unsaturated/α-hetero) is 1. The number of hydrogen-bond acceptors (Lipinski definition) is 2. The van der Waals surface area contributed by atoms with Gasteiger partial charge >= 0.3 is 0 Å². The minimum Gasteiger partial charge on any atom is -0.497 e. The molecular formula is C18H20O2. The van der Waals surface area contributed by atoms with Crippen molar-refractivity contribution in [3.63, 3.8) is 0 Å². The molecule has 0 unspecified atom stereocenters. The molecule has 2 nitrogen and oxygen atoms in total. The largest absolute Gasteiger partial charge is 0.497 e. The average molecular weight is 268 g/mol. The summed E-state index contributed by atoms with van der Waals surface area (Å²) < 4.78 is 5.17. The van der Waals surface area contributed by atoms with E-state index in [-0.39, 0.29) is 5.78 Å². The van der Waals surface area contributed by atoms with E-state index in [9.17, 15) is 4.79 Å². The molecule has 0 N–H and O–H groups in total. The van der Waals surface area contributed by atoms with Crippen molar-refractivity contribution >= 4 is 5.78 Å². The summed E-state index contributed by atoms with van der Waals surface area (Å²) >= 11 is 0. The highest BCUT2D eigenvalue weighted by Gasteiger charge is 2.06. The number of methoxy groups -OCH3 is 1. The molecule has 0 aliphatic rings. The Balaban J connectivity index is 1.97. The molecule has 0 radical (unpaired) electrons. The Morgan fingerprint density at radius 3 is 2.25 bits per heavy atom. The van der Waals surface area contributed by atoms with Crippen molar-refractivity contribution in [3.8, 4) is 5.75 Å². The maximum atomic E-state index is 12.1. The minimum atomic E-state index is 0.225. The van der Waals surface area contributed by atoms with Crippen molar-refractivity contribution < 1.29 is 9.53 Å². The first-order valence-electron chi connectivity index (χ1n) is 6.93. The lowest BCUT2D eigenvalue weighted by atomic mass is 10.0. The molecule has 0 aliphatic carbocycles. The van der Waals surface area contributed by atoms with Gasteiger partial charge in [0.25, 0.3) is 0 Å². The van der Waals surface area contributed by atoms with Gasteiger partial charge in [0.1, 0.15) is 11.5 Å². The van der Waals surface area contributed by atoms with E-state index in [0.29, 0.717) is 12.8 Å². The number of benzene rings is 2. The van der Waals surface area contributed by atoms with E-state index in [1.54, 1.807) is 7.11 Å². The highest BCUT2D eigenvalue weighted by Crippen LogP contribution is 2.14. The Hall–Kier alpha value is -2.09. The van der Waals surface area contributed by atoms with Crippen LogP contribution in [0.25, 0.3) is 0 Å². The first kappa shape index (κ1) is 14.3. The molecule has 0 heterocycles. The van der Waals surface area contributed by atoms with Gasteiger partial charge in [0.15, 0.2) is 0 Å². The molecule has 0 saturated carbocycles. The highest BCUT2D eigenvalue weighted by molar-refractivity contribution is 5.83. The first-order valence-corrected chi connectivity index (χ1v) is 6.93. The van der Waals surface area contributed by atoms with Crippen molar-refractivity contribution in [2.45, 2.75) is 26.2 Å². The summed E-state index contributed by atoms with van der Waals surface area (Å²) in [5, 5.41) is 0.